The van der Waals surface area contributed by atoms with Crippen LogP contribution in [0.4, 0.5) is 5.69 Å². The van der Waals surface area contributed by atoms with Gasteiger partial charge in [0.25, 0.3) is 0 Å². The monoisotopic (exact) mass is 203 g/mol. The number of aryl methyl sites for hydroxylation is 2. The highest BCUT2D eigenvalue weighted by Crippen LogP contribution is 2.31. The van der Waals surface area contributed by atoms with Crippen LogP contribution in [0.2, 0.25) is 0 Å². The molecule has 1 atom stereocenters. The zero-order chi connectivity index (χ0) is 10.8. The Kier molecular flexibility index (Phi) is 2.99. The van der Waals surface area contributed by atoms with Crippen molar-refractivity contribution < 1.29 is 0 Å². The van der Waals surface area contributed by atoms with E-state index in [4.69, 9.17) is 0 Å². The summed E-state index contributed by atoms with van der Waals surface area (Å²) in [7, 11) is 0. The summed E-state index contributed by atoms with van der Waals surface area (Å²) in [5.74, 6) is 0.836. The van der Waals surface area contributed by atoms with Crippen molar-refractivity contribution >= 4 is 5.69 Å². The fourth-order valence-electron chi connectivity index (χ4n) is 2.60. The molecule has 1 aromatic carbocycles. The molecule has 1 unspecified atom stereocenters. The second-order valence-corrected chi connectivity index (χ2v) is 4.79. The lowest BCUT2D eigenvalue weighted by molar-refractivity contribution is 0.488. The molecule has 1 heterocycles. The number of anilines is 1. The Labute approximate surface area is 92.9 Å². The molecule has 0 spiro atoms. The molecule has 1 aliphatic rings. The lowest BCUT2D eigenvalue weighted by Crippen LogP contribution is -2.24. The molecule has 1 N–H and O–H groups in total. The van der Waals surface area contributed by atoms with Gasteiger partial charge in [-0.2, -0.15) is 0 Å². The summed E-state index contributed by atoms with van der Waals surface area (Å²) in [6.07, 6.45) is 3.91. The van der Waals surface area contributed by atoms with E-state index < -0.39 is 0 Å². The smallest absolute Gasteiger partial charge is 0.0405 e. The Bertz CT molecular complexity index is 355. The van der Waals surface area contributed by atoms with E-state index in [9.17, 15) is 0 Å². The van der Waals surface area contributed by atoms with Gasteiger partial charge in [0, 0.05) is 12.2 Å². The van der Waals surface area contributed by atoms with Gasteiger partial charge in [-0.05, 0) is 49.3 Å². The van der Waals surface area contributed by atoms with E-state index in [2.05, 4.69) is 38.2 Å². The third-order valence-electron chi connectivity index (χ3n) is 3.51. The second-order valence-electron chi connectivity index (χ2n) is 4.79. The Hall–Kier alpha value is -0.980. The van der Waals surface area contributed by atoms with Crippen LogP contribution in [0.15, 0.2) is 12.1 Å². The van der Waals surface area contributed by atoms with Gasteiger partial charge in [0.15, 0.2) is 0 Å². The molecule has 0 fully saturated rings. The van der Waals surface area contributed by atoms with Gasteiger partial charge < -0.3 is 5.32 Å². The first kappa shape index (κ1) is 10.5. The van der Waals surface area contributed by atoms with Gasteiger partial charge in [-0.15, -0.1) is 0 Å². The topological polar surface area (TPSA) is 12.0 Å². The predicted octanol–water partition coefficient (Wildman–Crippen LogP) is 3.69. The SMILES string of the molecule is CCCC1CNc2c(C)ccc(C)c2C1. The molecule has 1 nitrogen and oxygen atoms in total. The van der Waals surface area contributed by atoms with E-state index in [0.29, 0.717) is 0 Å². The summed E-state index contributed by atoms with van der Waals surface area (Å²) in [4.78, 5) is 0. The quantitative estimate of drug-likeness (QED) is 0.773. The van der Waals surface area contributed by atoms with Gasteiger partial charge in [-0.25, -0.2) is 0 Å². The minimum absolute atomic E-state index is 0.836. The average molecular weight is 203 g/mol. The van der Waals surface area contributed by atoms with Crippen molar-refractivity contribution in [2.75, 3.05) is 11.9 Å². The summed E-state index contributed by atoms with van der Waals surface area (Å²) in [5.41, 5.74) is 5.80. The number of rotatable bonds is 2. The fraction of sp³-hybridized carbons (Fsp3) is 0.571. The predicted molar refractivity (Wildman–Crippen MR) is 66.5 cm³/mol. The molecule has 15 heavy (non-hydrogen) atoms. The van der Waals surface area contributed by atoms with Crippen LogP contribution in [-0.2, 0) is 6.42 Å². The number of hydrogen-bond acceptors (Lipinski definition) is 1. The fourth-order valence-corrected chi connectivity index (χ4v) is 2.60. The van der Waals surface area contributed by atoms with Gasteiger partial charge in [-0.1, -0.05) is 25.5 Å². The van der Waals surface area contributed by atoms with E-state index in [1.165, 1.54) is 36.1 Å². The molecule has 0 aromatic heterocycles. The van der Waals surface area contributed by atoms with Gasteiger partial charge >= 0.3 is 0 Å². The maximum atomic E-state index is 3.61. The first-order valence-electron chi connectivity index (χ1n) is 6.05. The van der Waals surface area contributed by atoms with E-state index in [1.807, 2.05) is 0 Å². The van der Waals surface area contributed by atoms with Crippen molar-refractivity contribution in [1.29, 1.82) is 0 Å². The molecule has 0 bridgehead atoms. The van der Waals surface area contributed by atoms with E-state index in [1.54, 1.807) is 5.56 Å². The summed E-state index contributed by atoms with van der Waals surface area (Å²) >= 11 is 0. The Morgan fingerprint density at radius 3 is 2.73 bits per heavy atom. The minimum Gasteiger partial charge on any atom is -0.384 e. The first-order chi connectivity index (χ1) is 7.22. The molecule has 1 heteroatoms. The molecule has 0 amide bonds. The summed E-state index contributed by atoms with van der Waals surface area (Å²) in [5, 5.41) is 3.61. The number of hydrogen-bond donors (Lipinski definition) is 1. The number of benzene rings is 1. The molecule has 82 valence electrons. The van der Waals surface area contributed by atoms with Crippen molar-refractivity contribution in [3.8, 4) is 0 Å². The maximum Gasteiger partial charge on any atom is 0.0405 e. The zero-order valence-corrected chi connectivity index (χ0v) is 10.1. The van der Waals surface area contributed by atoms with Crippen molar-refractivity contribution in [2.45, 2.75) is 40.0 Å². The van der Waals surface area contributed by atoms with Crippen LogP contribution in [0.3, 0.4) is 0 Å². The molecule has 0 saturated carbocycles. The molecule has 1 aromatic rings. The third kappa shape index (κ3) is 2.01. The van der Waals surface area contributed by atoms with Crippen LogP contribution >= 0.6 is 0 Å². The van der Waals surface area contributed by atoms with E-state index in [-0.39, 0.29) is 0 Å². The summed E-state index contributed by atoms with van der Waals surface area (Å²) in [6.45, 7) is 7.86. The molecule has 0 aliphatic carbocycles. The summed E-state index contributed by atoms with van der Waals surface area (Å²) < 4.78 is 0. The third-order valence-corrected chi connectivity index (χ3v) is 3.51. The number of fused-ring (bicyclic) bond motifs is 1. The molecule has 0 saturated heterocycles. The van der Waals surface area contributed by atoms with Crippen LogP contribution in [0.5, 0.6) is 0 Å². The summed E-state index contributed by atoms with van der Waals surface area (Å²) in [6, 6.07) is 4.48. The average Bonchev–Trinajstić information content (AvgIpc) is 2.24. The Morgan fingerprint density at radius 1 is 1.27 bits per heavy atom. The highest BCUT2D eigenvalue weighted by molar-refractivity contribution is 5.61. The maximum absolute atomic E-state index is 3.61. The normalized spacial score (nSPS) is 19.5. The lowest BCUT2D eigenvalue weighted by Gasteiger charge is -2.28. The highest BCUT2D eigenvalue weighted by atomic mass is 14.9. The van der Waals surface area contributed by atoms with E-state index >= 15 is 0 Å². The van der Waals surface area contributed by atoms with Gasteiger partial charge in [0.05, 0.1) is 0 Å². The zero-order valence-electron chi connectivity index (χ0n) is 10.1. The molecule has 0 radical (unpaired) electrons. The minimum atomic E-state index is 0.836. The first-order valence-corrected chi connectivity index (χ1v) is 6.05. The Morgan fingerprint density at radius 2 is 2.00 bits per heavy atom. The van der Waals surface area contributed by atoms with Crippen molar-refractivity contribution in [2.24, 2.45) is 5.92 Å². The molecular weight excluding hydrogens is 182 g/mol. The highest BCUT2D eigenvalue weighted by Gasteiger charge is 2.19. The van der Waals surface area contributed by atoms with Crippen LogP contribution in [-0.4, -0.2) is 6.54 Å². The lowest BCUT2D eigenvalue weighted by atomic mass is 9.87. The van der Waals surface area contributed by atoms with Crippen LogP contribution < -0.4 is 5.32 Å². The van der Waals surface area contributed by atoms with Gasteiger partial charge in [0.2, 0.25) is 0 Å². The second kappa shape index (κ2) is 4.26. The van der Waals surface area contributed by atoms with Gasteiger partial charge in [0.1, 0.15) is 0 Å². The largest absolute Gasteiger partial charge is 0.384 e. The van der Waals surface area contributed by atoms with Crippen LogP contribution in [0.1, 0.15) is 36.5 Å². The molecule has 1 aliphatic heterocycles. The van der Waals surface area contributed by atoms with E-state index in [0.717, 1.165) is 12.5 Å². The van der Waals surface area contributed by atoms with Crippen LogP contribution in [0, 0.1) is 19.8 Å². The van der Waals surface area contributed by atoms with Gasteiger partial charge in [-0.3, -0.25) is 0 Å². The van der Waals surface area contributed by atoms with Crippen molar-refractivity contribution in [3.63, 3.8) is 0 Å². The Balaban J connectivity index is 2.28. The molecular formula is C14H21N. The number of nitrogens with one attached hydrogen (secondary N) is 1. The molecule has 2 rings (SSSR count). The van der Waals surface area contributed by atoms with Crippen molar-refractivity contribution in [3.05, 3.63) is 28.8 Å². The van der Waals surface area contributed by atoms with Crippen molar-refractivity contribution in [1.82, 2.24) is 0 Å². The van der Waals surface area contributed by atoms with Crippen LogP contribution in [0.25, 0.3) is 0 Å². The standard InChI is InChI=1S/C14H21N/c1-4-5-12-8-13-10(2)6-7-11(3)14(13)15-9-12/h6-7,12,15H,4-5,8-9H2,1-3H3.